The quantitative estimate of drug-likeness (QED) is 0.858. The molecule has 1 fully saturated rings. The molecule has 1 aromatic rings. The molecule has 18 heavy (non-hydrogen) atoms. The second-order valence-corrected chi connectivity index (χ2v) is 5.15. The highest BCUT2D eigenvalue weighted by Gasteiger charge is 2.22. The van der Waals surface area contributed by atoms with E-state index in [1.165, 1.54) is 4.68 Å². The number of hydrogen-bond donors (Lipinski definition) is 1. The number of halogens is 1. The summed E-state index contributed by atoms with van der Waals surface area (Å²) in [5.74, 6) is 0. The minimum atomic E-state index is -0.134. The van der Waals surface area contributed by atoms with Crippen LogP contribution in [0.5, 0.6) is 0 Å². The Labute approximate surface area is 114 Å². The number of hydrogen-bond acceptors (Lipinski definition) is 5. The smallest absolute Gasteiger partial charge is 0.283 e. The van der Waals surface area contributed by atoms with Gasteiger partial charge in [-0.15, -0.1) is 0 Å². The fourth-order valence-electron chi connectivity index (χ4n) is 2.02. The van der Waals surface area contributed by atoms with Crippen LogP contribution in [-0.2, 0) is 11.3 Å². The summed E-state index contributed by atoms with van der Waals surface area (Å²) in [7, 11) is 1.60. The zero-order chi connectivity index (χ0) is 13.1. The van der Waals surface area contributed by atoms with E-state index in [1.807, 2.05) is 0 Å². The van der Waals surface area contributed by atoms with Crippen molar-refractivity contribution in [2.75, 3.05) is 31.7 Å². The molecule has 1 aromatic heterocycles. The summed E-state index contributed by atoms with van der Waals surface area (Å²) in [6, 6.07) is 0.174. The fourth-order valence-corrected chi connectivity index (χ4v) is 2.58. The summed E-state index contributed by atoms with van der Waals surface area (Å²) < 4.78 is 6.88. The van der Waals surface area contributed by atoms with Crippen LogP contribution in [0.15, 0.2) is 15.5 Å². The molecule has 100 valence electrons. The topological polar surface area (TPSA) is 73.4 Å². The molecule has 0 aliphatic carbocycles. The van der Waals surface area contributed by atoms with E-state index < -0.39 is 0 Å². The first-order valence-electron chi connectivity index (χ1n) is 5.88. The number of anilines is 1. The van der Waals surface area contributed by atoms with Gasteiger partial charge >= 0.3 is 0 Å². The van der Waals surface area contributed by atoms with Crippen LogP contribution < -0.4 is 16.2 Å². The van der Waals surface area contributed by atoms with Crippen molar-refractivity contribution in [1.82, 2.24) is 9.78 Å². The van der Waals surface area contributed by atoms with Crippen LogP contribution in [0.25, 0.3) is 0 Å². The predicted molar refractivity (Wildman–Crippen MR) is 72.9 cm³/mol. The standard InChI is InChI=1S/C11H17BrN4O2/c1-18-5-4-16-11(17)10(12)9(6-14-16)15-3-2-8(13)7-15/h6,8H,2-5,7,13H2,1H3. The largest absolute Gasteiger partial charge is 0.383 e. The number of nitrogens with zero attached hydrogens (tertiary/aromatic N) is 3. The molecule has 2 rings (SSSR count). The van der Waals surface area contributed by atoms with Crippen molar-refractivity contribution in [1.29, 1.82) is 0 Å². The minimum absolute atomic E-state index is 0.134. The van der Waals surface area contributed by atoms with Gasteiger partial charge in [0, 0.05) is 26.2 Å². The van der Waals surface area contributed by atoms with Crippen molar-refractivity contribution < 1.29 is 4.74 Å². The maximum Gasteiger partial charge on any atom is 0.283 e. The van der Waals surface area contributed by atoms with Gasteiger partial charge in [-0.3, -0.25) is 4.79 Å². The van der Waals surface area contributed by atoms with Crippen molar-refractivity contribution in [3.05, 3.63) is 21.0 Å². The van der Waals surface area contributed by atoms with E-state index in [1.54, 1.807) is 13.3 Å². The molecular weight excluding hydrogens is 300 g/mol. The molecule has 1 saturated heterocycles. The van der Waals surface area contributed by atoms with Crippen molar-refractivity contribution >= 4 is 21.6 Å². The Bertz CT molecular complexity index is 477. The molecule has 7 heteroatoms. The van der Waals surface area contributed by atoms with Gasteiger partial charge in [0.2, 0.25) is 0 Å². The van der Waals surface area contributed by atoms with Gasteiger partial charge in [-0.05, 0) is 22.4 Å². The van der Waals surface area contributed by atoms with Crippen LogP contribution in [-0.4, -0.2) is 42.6 Å². The molecule has 1 unspecified atom stereocenters. The Morgan fingerprint density at radius 1 is 1.67 bits per heavy atom. The van der Waals surface area contributed by atoms with Crippen LogP contribution in [0.3, 0.4) is 0 Å². The molecule has 0 radical (unpaired) electrons. The Morgan fingerprint density at radius 2 is 2.44 bits per heavy atom. The summed E-state index contributed by atoms with van der Waals surface area (Å²) in [6.07, 6.45) is 2.65. The Balaban J connectivity index is 2.23. The summed E-state index contributed by atoms with van der Waals surface area (Å²) in [5, 5.41) is 4.16. The minimum Gasteiger partial charge on any atom is -0.383 e. The van der Waals surface area contributed by atoms with Gasteiger partial charge in [0.25, 0.3) is 5.56 Å². The summed E-state index contributed by atoms with van der Waals surface area (Å²) in [5.41, 5.74) is 6.56. The highest BCUT2D eigenvalue weighted by atomic mass is 79.9. The van der Waals surface area contributed by atoms with Crippen LogP contribution in [0, 0.1) is 0 Å². The lowest BCUT2D eigenvalue weighted by Crippen LogP contribution is -2.31. The van der Waals surface area contributed by atoms with E-state index in [0.717, 1.165) is 25.2 Å². The average molecular weight is 317 g/mol. The molecule has 0 saturated carbocycles. The summed E-state index contributed by atoms with van der Waals surface area (Å²) in [4.78, 5) is 14.2. The molecule has 0 bridgehead atoms. The summed E-state index contributed by atoms with van der Waals surface area (Å²) in [6.45, 7) is 2.55. The van der Waals surface area contributed by atoms with Gasteiger partial charge in [-0.2, -0.15) is 5.10 Å². The molecule has 6 nitrogen and oxygen atoms in total. The molecule has 1 aliphatic rings. The Kier molecular flexibility index (Phi) is 4.36. The molecule has 0 spiro atoms. The van der Waals surface area contributed by atoms with Crippen molar-refractivity contribution in [3.63, 3.8) is 0 Å². The van der Waals surface area contributed by atoms with E-state index in [-0.39, 0.29) is 11.6 Å². The van der Waals surface area contributed by atoms with Gasteiger partial charge in [0.15, 0.2) is 0 Å². The van der Waals surface area contributed by atoms with Crippen LogP contribution in [0.1, 0.15) is 6.42 Å². The van der Waals surface area contributed by atoms with Crippen molar-refractivity contribution in [3.8, 4) is 0 Å². The third-order valence-corrected chi connectivity index (χ3v) is 3.78. The average Bonchev–Trinajstić information content (AvgIpc) is 2.78. The molecule has 2 heterocycles. The van der Waals surface area contributed by atoms with Gasteiger partial charge < -0.3 is 15.4 Å². The lowest BCUT2D eigenvalue weighted by atomic mass is 10.3. The van der Waals surface area contributed by atoms with Crippen LogP contribution in [0.4, 0.5) is 5.69 Å². The van der Waals surface area contributed by atoms with E-state index >= 15 is 0 Å². The maximum absolute atomic E-state index is 12.1. The van der Waals surface area contributed by atoms with E-state index in [2.05, 4.69) is 25.9 Å². The zero-order valence-corrected chi connectivity index (χ0v) is 11.9. The third kappa shape index (κ3) is 2.73. The highest BCUT2D eigenvalue weighted by Crippen LogP contribution is 2.24. The van der Waals surface area contributed by atoms with Crippen molar-refractivity contribution in [2.45, 2.75) is 19.0 Å². The van der Waals surface area contributed by atoms with Gasteiger partial charge in [-0.25, -0.2) is 4.68 Å². The number of aromatic nitrogens is 2. The predicted octanol–water partition coefficient (Wildman–Crippen LogP) is 0.190. The highest BCUT2D eigenvalue weighted by molar-refractivity contribution is 9.10. The van der Waals surface area contributed by atoms with E-state index in [9.17, 15) is 4.79 Å². The van der Waals surface area contributed by atoms with Gasteiger partial charge in [0.1, 0.15) is 4.47 Å². The van der Waals surface area contributed by atoms with Gasteiger partial charge in [0.05, 0.1) is 25.0 Å². The monoisotopic (exact) mass is 316 g/mol. The number of rotatable bonds is 4. The first-order chi connectivity index (χ1) is 8.63. The molecule has 0 amide bonds. The molecular formula is C11H17BrN4O2. The lowest BCUT2D eigenvalue weighted by Gasteiger charge is -2.19. The first-order valence-corrected chi connectivity index (χ1v) is 6.68. The van der Waals surface area contributed by atoms with Crippen molar-refractivity contribution in [2.24, 2.45) is 5.73 Å². The van der Waals surface area contributed by atoms with E-state index in [4.69, 9.17) is 10.5 Å². The first kappa shape index (κ1) is 13.5. The molecule has 2 N–H and O–H groups in total. The SMILES string of the molecule is COCCn1ncc(N2CCC(N)C2)c(Br)c1=O. The lowest BCUT2D eigenvalue weighted by molar-refractivity contribution is 0.181. The van der Waals surface area contributed by atoms with Crippen LogP contribution in [0.2, 0.25) is 0 Å². The second-order valence-electron chi connectivity index (χ2n) is 4.36. The zero-order valence-electron chi connectivity index (χ0n) is 10.3. The fraction of sp³-hybridized carbons (Fsp3) is 0.636. The second kappa shape index (κ2) is 5.81. The normalized spacial score (nSPS) is 19.5. The number of methoxy groups -OCH3 is 1. The number of nitrogens with two attached hydrogens (primary N) is 1. The third-order valence-electron chi connectivity index (χ3n) is 3.04. The summed E-state index contributed by atoms with van der Waals surface area (Å²) >= 11 is 3.36. The maximum atomic E-state index is 12.1. The van der Waals surface area contributed by atoms with Gasteiger partial charge in [-0.1, -0.05) is 0 Å². The van der Waals surface area contributed by atoms with Crippen LogP contribution >= 0.6 is 15.9 Å². The van der Waals surface area contributed by atoms with E-state index in [0.29, 0.717) is 17.6 Å². The Hall–Kier alpha value is -0.920. The molecule has 1 aliphatic heterocycles. The molecule has 1 atom stereocenters. The Morgan fingerprint density at radius 3 is 3.06 bits per heavy atom. The number of ether oxygens (including phenoxy) is 1. The molecule has 0 aromatic carbocycles.